The van der Waals surface area contributed by atoms with Crippen LogP contribution in [0.4, 0.5) is 0 Å². The maximum absolute atomic E-state index is 3.54. The Morgan fingerprint density at radius 1 is 1.46 bits per heavy atom. The molecule has 1 rings (SSSR count). The molecule has 0 bridgehead atoms. The Morgan fingerprint density at radius 3 is 2.69 bits per heavy atom. The molecule has 1 aliphatic rings. The van der Waals surface area contributed by atoms with Gasteiger partial charge in [-0.1, -0.05) is 0 Å². The molecule has 3 heteroatoms. The first-order valence-corrected chi connectivity index (χ1v) is 5.15. The van der Waals surface area contributed by atoms with Crippen molar-refractivity contribution in [2.45, 2.75) is 32.4 Å². The van der Waals surface area contributed by atoms with Crippen LogP contribution < -0.4 is 10.6 Å². The molecule has 1 heterocycles. The van der Waals surface area contributed by atoms with Gasteiger partial charge >= 0.3 is 0 Å². The maximum atomic E-state index is 3.54. The third-order valence-corrected chi connectivity index (χ3v) is 2.51. The van der Waals surface area contributed by atoms with Crippen LogP contribution in [0.15, 0.2) is 0 Å². The van der Waals surface area contributed by atoms with Gasteiger partial charge in [-0.3, -0.25) is 4.90 Å². The van der Waals surface area contributed by atoms with Crippen LogP contribution in [-0.4, -0.2) is 49.7 Å². The van der Waals surface area contributed by atoms with Gasteiger partial charge in [-0.25, -0.2) is 0 Å². The second-order valence-electron chi connectivity index (χ2n) is 4.97. The van der Waals surface area contributed by atoms with Gasteiger partial charge in [0, 0.05) is 37.8 Å². The average molecular weight is 185 g/mol. The summed E-state index contributed by atoms with van der Waals surface area (Å²) in [6, 6.07) is 0.646. The molecule has 13 heavy (non-hydrogen) atoms. The molecule has 0 aromatic carbocycles. The minimum atomic E-state index is 0.234. The standard InChI is InChI=1S/C10H23N3/c1-10(2,3)12-8-9-7-11-5-6-13(9)4/h9,11-12H,5-8H2,1-4H3. The molecule has 0 aromatic heterocycles. The topological polar surface area (TPSA) is 27.3 Å². The molecule has 0 spiro atoms. The highest BCUT2D eigenvalue weighted by atomic mass is 15.2. The van der Waals surface area contributed by atoms with E-state index in [0.717, 1.165) is 26.2 Å². The molecule has 2 N–H and O–H groups in total. The molecule has 1 unspecified atom stereocenters. The van der Waals surface area contributed by atoms with E-state index in [-0.39, 0.29) is 5.54 Å². The van der Waals surface area contributed by atoms with Crippen LogP contribution in [0, 0.1) is 0 Å². The zero-order valence-corrected chi connectivity index (χ0v) is 9.35. The number of nitrogens with zero attached hydrogens (tertiary/aromatic N) is 1. The maximum Gasteiger partial charge on any atom is 0.0343 e. The normalized spacial score (nSPS) is 26.3. The minimum absolute atomic E-state index is 0.234. The van der Waals surface area contributed by atoms with Crippen molar-refractivity contribution < 1.29 is 0 Å². The van der Waals surface area contributed by atoms with Crippen molar-refractivity contribution in [1.82, 2.24) is 15.5 Å². The van der Waals surface area contributed by atoms with Crippen molar-refractivity contribution in [2.75, 3.05) is 33.2 Å². The Hall–Kier alpha value is -0.120. The first-order valence-electron chi connectivity index (χ1n) is 5.15. The zero-order chi connectivity index (χ0) is 9.90. The quantitative estimate of drug-likeness (QED) is 0.647. The molecule has 0 aliphatic carbocycles. The van der Waals surface area contributed by atoms with E-state index in [9.17, 15) is 0 Å². The fourth-order valence-corrected chi connectivity index (χ4v) is 1.51. The highest BCUT2D eigenvalue weighted by molar-refractivity contribution is 4.82. The number of hydrogen-bond acceptors (Lipinski definition) is 3. The van der Waals surface area contributed by atoms with Gasteiger partial charge in [0.1, 0.15) is 0 Å². The lowest BCUT2D eigenvalue weighted by Gasteiger charge is -2.35. The van der Waals surface area contributed by atoms with Crippen LogP contribution in [0.25, 0.3) is 0 Å². The summed E-state index contributed by atoms with van der Waals surface area (Å²) in [5, 5.41) is 6.96. The molecule has 0 aromatic rings. The molecular formula is C10H23N3. The van der Waals surface area contributed by atoms with Crippen LogP contribution >= 0.6 is 0 Å². The van der Waals surface area contributed by atoms with Gasteiger partial charge in [0.05, 0.1) is 0 Å². The van der Waals surface area contributed by atoms with Gasteiger partial charge in [-0.2, -0.15) is 0 Å². The molecule has 1 atom stereocenters. The van der Waals surface area contributed by atoms with Crippen LogP contribution in [0.1, 0.15) is 20.8 Å². The first kappa shape index (κ1) is 11.0. The second kappa shape index (κ2) is 4.40. The molecule has 1 saturated heterocycles. The van der Waals surface area contributed by atoms with Gasteiger partial charge < -0.3 is 10.6 Å². The van der Waals surface area contributed by atoms with Crippen molar-refractivity contribution in [1.29, 1.82) is 0 Å². The van der Waals surface area contributed by atoms with E-state index in [0.29, 0.717) is 6.04 Å². The van der Waals surface area contributed by atoms with Crippen LogP contribution in [-0.2, 0) is 0 Å². The predicted molar refractivity (Wildman–Crippen MR) is 57.0 cm³/mol. The Morgan fingerprint density at radius 2 is 2.15 bits per heavy atom. The van der Waals surface area contributed by atoms with Gasteiger partial charge in [0.25, 0.3) is 0 Å². The second-order valence-corrected chi connectivity index (χ2v) is 4.97. The van der Waals surface area contributed by atoms with E-state index in [1.807, 2.05) is 0 Å². The minimum Gasteiger partial charge on any atom is -0.314 e. The summed E-state index contributed by atoms with van der Waals surface area (Å²) in [5.41, 5.74) is 0.234. The smallest absolute Gasteiger partial charge is 0.0343 e. The van der Waals surface area contributed by atoms with Crippen molar-refractivity contribution >= 4 is 0 Å². The SMILES string of the molecule is CN1CCNCC1CNC(C)(C)C. The monoisotopic (exact) mass is 185 g/mol. The fraction of sp³-hybridized carbons (Fsp3) is 1.00. The van der Waals surface area contributed by atoms with Crippen LogP contribution in [0.3, 0.4) is 0 Å². The molecule has 3 nitrogen and oxygen atoms in total. The van der Waals surface area contributed by atoms with Crippen molar-refractivity contribution in [3.05, 3.63) is 0 Å². The van der Waals surface area contributed by atoms with Crippen molar-refractivity contribution in [2.24, 2.45) is 0 Å². The zero-order valence-electron chi connectivity index (χ0n) is 9.35. The molecule has 78 valence electrons. The van der Waals surface area contributed by atoms with E-state index in [4.69, 9.17) is 0 Å². The number of likely N-dealkylation sites (N-methyl/N-ethyl adjacent to an activating group) is 1. The highest BCUT2D eigenvalue weighted by Gasteiger charge is 2.20. The Kier molecular flexibility index (Phi) is 3.71. The van der Waals surface area contributed by atoms with Gasteiger partial charge in [0.2, 0.25) is 0 Å². The number of hydrogen-bond donors (Lipinski definition) is 2. The molecule has 1 aliphatic heterocycles. The number of nitrogens with one attached hydrogen (secondary N) is 2. The number of piperazine rings is 1. The average Bonchev–Trinajstić information content (AvgIpc) is 2.01. The van der Waals surface area contributed by atoms with E-state index >= 15 is 0 Å². The lowest BCUT2D eigenvalue weighted by atomic mass is 10.1. The van der Waals surface area contributed by atoms with E-state index in [1.54, 1.807) is 0 Å². The molecule has 1 fully saturated rings. The summed E-state index contributed by atoms with van der Waals surface area (Å²) >= 11 is 0. The third kappa shape index (κ3) is 4.07. The Bertz CT molecular complexity index is 151. The molecule has 0 saturated carbocycles. The Labute approximate surface area is 81.9 Å². The van der Waals surface area contributed by atoms with Crippen molar-refractivity contribution in [3.63, 3.8) is 0 Å². The summed E-state index contributed by atoms with van der Waals surface area (Å²) < 4.78 is 0. The summed E-state index contributed by atoms with van der Waals surface area (Å²) in [6.45, 7) is 11.1. The van der Waals surface area contributed by atoms with Gasteiger partial charge in [-0.15, -0.1) is 0 Å². The lowest BCUT2D eigenvalue weighted by Crippen LogP contribution is -2.55. The van der Waals surface area contributed by atoms with Crippen molar-refractivity contribution in [3.8, 4) is 0 Å². The molecule has 0 radical (unpaired) electrons. The largest absolute Gasteiger partial charge is 0.314 e. The third-order valence-electron chi connectivity index (χ3n) is 2.51. The highest BCUT2D eigenvalue weighted by Crippen LogP contribution is 2.02. The molecular weight excluding hydrogens is 162 g/mol. The fourth-order valence-electron chi connectivity index (χ4n) is 1.51. The Balaban J connectivity index is 2.27. The lowest BCUT2D eigenvalue weighted by molar-refractivity contribution is 0.186. The van der Waals surface area contributed by atoms with E-state index < -0.39 is 0 Å². The first-order chi connectivity index (χ1) is 5.99. The van der Waals surface area contributed by atoms with E-state index in [1.165, 1.54) is 0 Å². The van der Waals surface area contributed by atoms with Gasteiger partial charge in [-0.05, 0) is 27.8 Å². The van der Waals surface area contributed by atoms with Crippen LogP contribution in [0.5, 0.6) is 0 Å². The van der Waals surface area contributed by atoms with E-state index in [2.05, 4.69) is 43.4 Å². The summed E-state index contributed by atoms with van der Waals surface area (Å²) in [5.74, 6) is 0. The summed E-state index contributed by atoms with van der Waals surface area (Å²) in [6.07, 6.45) is 0. The summed E-state index contributed by atoms with van der Waals surface area (Å²) in [4.78, 5) is 2.43. The predicted octanol–water partition coefficient (Wildman–Crippen LogP) is 0.278. The van der Waals surface area contributed by atoms with Crippen LogP contribution in [0.2, 0.25) is 0 Å². The molecule has 0 amide bonds. The number of rotatable bonds is 2. The van der Waals surface area contributed by atoms with Gasteiger partial charge in [0.15, 0.2) is 0 Å². The summed E-state index contributed by atoms with van der Waals surface area (Å²) in [7, 11) is 2.20.